The molecule has 0 radical (unpaired) electrons. The lowest BCUT2D eigenvalue weighted by Gasteiger charge is -2.10. The van der Waals surface area contributed by atoms with Crippen molar-refractivity contribution in [3.05, 3.63) is 42.0 Å². The first-order valence-electron chi connectivity index (χ1n) is 5.52. The predicted octanol–water partition coefficient (Wildman–Crippen LogP) is 2.74. The van der Waals surface area contributed by atoms with Gasteiger partial charge in [0.15, 0.2) is 0 Å². The van der Waals surface area contributed by atoms with Crippen LogP contribution in [0.15, 0.2) is 36.4 Å². The number of fused-ring (bicyclic) bond motifs is 1. The lowest BCUT2D eigenvalue weighted by atomic mass is 9.99. The summed E-state index contributed by atoms with van der Waals surface area (Å²) in [7, 11) is 1.69. The van der Waals surface area contributed by atoms with Crippen LogP contribution >= 0.6 is 0 Å². The Morgan fingerprint density at radius 3 is 2.75 bits per heavy atom. The van der Waals surface area contributed by atoms with Gasteiger partial charge in [-0.15, -0.1) is 0 Å². The molecule has 84 valence electrons. The third kappa shape index (κ3) is 2.17. The van der Waals surface area contributed by atoms with Gasteiger partial charge in [-0.05, 0) is 41.8 Å². The molecule has 2 rings (SSSR count). The number of hydrogen-bond acceptors (Lipinski definition) is 2. The van der Waals surface area contributed by atoms with Gasteiger partial charge in [0.25, 0.3) is 0 Å². The van der Waals surface area contributed by atoms with E-state index in [9.17, 15) is 0 Å². The Labute approximate surface area is 96.0 Å². The molecule has 0 bridgehead atoms. The summed E-state index contributed by atoms with van der Waals surface area (Å²) in [5, 5.41) is 2.47. The van der Waals surface area contributed by atoms with Crippen molar-refractivity contribution in [1.29, 1.82) is 0 Å². The first-order valence-corrected chi connectivity index (χ1v) is 5.52. The van der Waals surface area contributed by atoms with Crippen LogP contribution in [-0.4, -0.2) is 13.2 Å². The summed E-state index contributed by atoms with van der Waals surface area (Å²) in [5.74, 6) is 0.894. The molecule has 1 atom stereocenters. The average Bonchev–Trinajstić information content (AvgIpc) is 2.28. The predicted molar refractivity (Wildman–Crippen MR) is 67.9 cm³/mol. The van der Waals surface area contributed by atoms with Gasteiger partial charge >= 0.3 is 0 Å². The Balaban J connectivity index is 2.51. The molecular weight excluding hydrogens is 198 g/mol. The molecule has 0 aliphatic heterocycles. The van der Waals surface area contributed by atoms with E-state index in [2.05, 4.69) is 30.3 Å². The van der Waals surface area contributed by atoms with E-state index in [1.165, 1.54) is 16.3 Å². The topological polar surface area (TPSA) is 35.2 Å². The molecule has 1 unspecified atom stereocenters. The standard InChI is InChI=1S/C14H17NO/c1-10(15)8-11-4-3-5-12-9-13(16-2)6-7-14(11)12/h3-7,9-10H,8,15H2,1-2H3. The van der Waals surface area contributed by atoms with Crippen LogP contribution in [0.5, 0.6) is 5.75 Å². The third-order valence-corrected chi connectivity index (χ3v) is 2.72. The van der Waals surface area contributed by atoms with Crippen LogP contribution in [0.4, 0.5) is 0 Å². The Bertz CT molecular complexity index is 491. The zero-order valence-electron chi connectivity index (χ0n) is 9.73. The number of rotatable bonds is 3. The molecule has 0 heterocycles. The molecular formula is C14H17NO. The minimum atomic E-state index is 0.188. The number of hydrogen-bond donors (Lipinski definition) is 1. The van der Waals surface area contributed by atoms with Crippen molar-refractivity contribution in [2.75, 3.05) is 7.11 Å². The molecule has 0 fully saturated rings. The van der Waals surface area contributed by atoms with Crippen molar-refractivity contribution in [1.82, 2.24) is 0 Å². The van der Waals surface area contributed by atoms with Gasteiger partial charge < -0.3 is 10.5 Å². The van der Waals surface area contributed by atoms with Gasteiger partial charge in [-0.3, -0.25) is 0 Å². The van der Waals surface area contributed by atoms with E-state index in [4.69, 9.17) is 10.5 Å². The fourth-order valence-electron chi connectivity index (χ4n) is 1.98. The van der Waals surface area contributed by atoms with Crippen LogP contribution < -0.4 is 10.5 Å². The van der Waals surface area contributed by atoms with Crippen LogP contribution in [0.2, 0.25) is 0 Å². The number of nitrogens with two attached hydrogens (primary N) is 1. The van der Waals surface area contributed by atoms with Gasteiger partial charge in [0.2, 0.25) is 0 Å². The zero-order valence-corrected chi connectivity index (χ0v) is 9.73. The average molecular weight is 215 g/mol. The fourth-order valence-corrected chi connectivity index (χ4v) is 1.98. The van der Waals surface area contributed by atoms with Crippen LogP contribution in [0.1, 0.15) is 12.5 Å². The Morgan fingerprint density at radius 2 is 2.06 bits per heavy atom. The van der Waals surface area contributed by atoms with E-state index in [-0.39, 0.29) is 6.04 Å². The quantitative estimate of drug-likeness (QED) is 0.854. The second-order valence-corrected chi connectivity index (χ2v) is 4.19. The normalized spacial score (nSPS) is 12.7. The van der Waals surface area contributed by atoms with Crippen molar-refractivity contribution in [3.63, 3.8) is 0 Å². The molecule has 0 aliphatic carbocycles. The van der Waals surface area contributed by atoms with E-state index < -0.39 is 0 Å². The highest BCUT2D eigenvalue weighted by atomic mass is 16.5. The van der Waals surface area contributed by atoms with Crippen LogP contribution in [0.25, 0.3) is 10.8 Å². The van der Waals surface area contributed by atoms with E-state index >= 15 is 0 Å². The Kier molecular flexibility index (Phi) is 3.11. The molecule has 2 heteroatoms. The summed E-state index contributed by atoms with van der Waals surface area (Å²) < 4.78 is 5.22. The van der Waals surface area contributed by atoms with E-state index in [0.717, 1.165) is 12.2 Å². The summed E-state index contributed by atoms with van der Waals surface area (Å²) in [6.45, 7) is 2.03. The van der Waals surface area contributed by atoms with Crippen LogP contribution in [0, 0.1) is 0 Å². The molecule has 0 saturated carbocycles. The molecule has 16 heavy (non-hydrogen) atoms. The van der Waals surface area contributed by atoms with Crippen LogP contribution in [0.3, 0.4) is 0 Å². The molecule has 0 aromatic heterocycles. The van der Waals surface area contributed by atoms with Crippen molar-refractivity contribution in [3.8, 4) is 5.75 Å². The van der Waals surface area contributed by atoms with Crippen molar-refractivity contribution in [2.45, 2.75) is 19.4 Å². The van der Waals surface area contributed by atoms with Crippen LogP contribution in [-0.2, 0) is 6.42 Å². The van der Waals surface area contributed by atoms with Gasteiger partial charge in [-0.25, -0.2) is 0 Å². The zero-order chi connectivity index (χ0) is 11.5. The maximum Gasteiger partial charge on any atom is 0.119 e. The minimum Gasteiger partial charge on any atom is -0.497 e. The monoisotopic (exact) mass is 215 g/mol. The first-order chi connectivity index (χ1) is 7.70. The van der Waals surface area contributed by atoms with Crippen molar-refractivity contribution < 1.29 is 4.74 Å². The SMILES string of the molecule is COc1ccc2c(CC(C)N)cccc2c1. The molecule has 0 saturated heterocycles. The minimum absolute atomic E-state index is 0.188. The summed E-state index contributed by atoms with van der Waals surface area (Å²) in [4.78, 5) is 0. The maximum atomic E-state index is 5.85. The third-order valence-electron chi connectivity index (χ3n) is 2.72. The smallest absolute Gasteiger partial charge is 0.119 e. The highest BCUT2D eigenvalue weighted by Crippen LogP contribution is 2.24. The molecule has 2 aromatic rings. The molecule has 2 N–H and O–H groups in total. The number of ether oxygens (including phenoxy) is 1. The van der Waals surface area contributed by atoms with E-state index in [1.54, 1.807) is 7.11 Å². The summed E-state index contributed by atoms with van der Waals surface area (Å²) >= 11 is 0. The lowest BCUT2D eigenvalue weighted by molar-refractivity contribution is 0.415. The summed E-state index contributed by atoms with van der Waals surface area (Å²) in [6, 6.07) is 12.6. The highest BCUT2D eigenvalue weighted by molar-refractivity contribution is 5.87. The van der Waals surface area contributed by atoms with Gasteiger partial charge in [0.1, 0.15) is 5.75 Å². The largest absolute Gasteiger partial charge is 0.497 e. The molecule has 2 aromatic carbocycles. The summed E-state index contributed by atoms with van der Waals surface area (Å²) in [6.07, 6.45) is 0.906. The van der Waals surface area contributed by atoms with Crippen molar-refractivity contribution >= 4 is 10.8 Å². The lowest BCUT2D eigenvalue weighted by Crippen LogP contribution is -2.17. The molecule has 0 spiro atoms. The van der Waals surface area contributed by atoms with Gasteiger partial charge in [-0.1, -0.05) is 24.3 Å². The van der Waals surface area contributed by atoms with E-state index in [0.29, 0.717) is 0 Å². The first kappa shape index (κ1) is 11.0. The number of benzene rings is 2. The highest BCUT2D eigenvalue weighted by Gasteiger charge is 2.04. The van der Waals surface area contributed by atoms with Gasteiger partial charge in [-0.2, -0.15) is 0 Å². The molecule has 0 aliphatic rings. The second kappa shape index (κ2) is 4.54. The second-order valence-electron chi connectivity index (χ2n) is 4.19. The summed E-state index contributed by atoms with van der Waals surface area (Å²) in [5.41, 5.74) is 7.15. The Hall–Kier alpha value is -1.54. The fraction of sp³-hybridized carbons (Fsp3) is 0.286. The van der Waals surface area contributed by atoms with Crippen molar-refractivity contribution in [2.24, 2.45) is 5.73 Å². The van der Waals surface area contributed by atoms with Gasteiger partial charge in [0.05, 0.1) is 7.11 Å². The molecule has 2 nitrogen and oxygen atoms in total. The van der Waals surface area contributed by atoms with Gasteiger partial charge in [0, 0.05) is 6.04 Å². The molecule has 0 amide bonds. The number of methoxy groups -OCH3 is 1. The maximum absolute atomic E-state index is 5.85. The van der Waals surface area contributed by atoms with E-state index in [1.807, 2.05) is 13.0 Å². The Morgan fingerprint density at radius 1 is 1.25 bits per heavy atom.